The molecule has 0 aliphatic rings. The molecule has 0 heterocycles. The fourth-order valence-electron chi connectivity index (χ4n) is 3.44. The van der Waals surface area contributed by atoms with E-state index >= 15 is 4.39 Å². The average molecular weight is 483 g/mol. The van der Waals surface area contributed by atoms with Crippen LogP contribution in [0.3, 0.4) is 0 Å². The van der Waals surface area contributed by atoms with Crippen LogP contribution in [0.15, 0.2) is 54.6 Å². The van der Waals surface area contributed by atoms with Crippen molar-refractivity contribution in [3.63, 3.8) is 0 Å². The van der Waals surface area contributed by atoms with E-state index in [0.717, 1.165) is 55.5 Å². The summed E-state index contributed by atoms with van der Waals surface area (Å²) in [4.78, 5) is 0. The highest BCUT2D eigenvalue weighted by Crippen LogP contribution is 2.42. The van der Waals surface area contributed by atoms with Crippen molar-refractivity contribution in [3.05, 3.63) is 77.4 Å². The predicted octanol–water partition coefficient (Wildman–Crippen LogP) is 8.24. The minimum atomic E-state index is -4.51. The maximum absolute atomic E-state index is 15.1. The standard InChI is InChI=1S/C25H21F6O3/c1-2-3-4-5-15-6-8-16(9-7-15)21-20(32)14-19(26)22(23(21)27)25(30,31)34-18-12-10-17(11-13-18)33-24(28)29/h6-14,24H,2-5H2,1H3. The van der Waals surface area contributed by atoms with Gasteiger partial charge in [-0.2, -0.15) is 17.6 Å². The largest absolute Gasteiger partial charge is 0.435 e. The van der Waals surface area contributed by atoms with E-state index in [4.69, 9.17) is 0 Å². The van der Waals surface area contributed by atoms with Crippen LogP contribution in [-0.4, -0.2) is 6.61 Å². The van der Waals surface area contributed by atoms with Crippen molar-refractivity contribution in [2.75, 3.05) is 0 Å². The molecule has 0 aromatic heterocycles. The number of unbranched alkanes of at least 4 members (excludes halogenated alkanes) is 2. The third-order valence-electron chi connectivity index (χ3n) is 5.08. The van der Waals surface area contributed by atoms with Crippen molar-refractivity contribution in [2.24, 2.45) is 0 Å². The van der Waals surface area contributed by atoms with E-state index in [2.05, 4.69) is 16.4 Å². The second-order valence-corrected chi connectivity index (χ2v) is 7.54. The molecular formula is C25H21F6O3. The Balaban J connectivity index is 1.90. The van der Waals surface area contributed by atoms with E-state index in [1.54, 1.807) is 12.1 Å². The first kappa shape index (κ1) is 25.3. The fraction of sp³-hybridized carbons (Fsp3) is 0.280. The Hall–Kier alpha value is -3.36. The van der Waals surface area contributed by atoms with Crippen molar-refractivity contribution >= 4 is 0 Å². The second-order valence-electron chi connectivity index (χ2n) is 7.54. The number of aryl methyl sites for hydroxylation is 1. The van der Waals surface area contributed by atoms with Gasteiger partial charge in [0, 0.05) is 6.07 Å². The third-order valence-corrected chi connectivity index (χ3v) is 5.08. The van der Waals surface area contributed by atoms with Gasteiger partial charge >= 0.3 is 12.7 Å². The summed E-state index contributed by atoms with van der Waals surface area (Å²) in [7, 11) is 0. The Bertz CT molecular complexity index is 1100. The predicted molar refractivity (Wildman–Crippen MR) is 113 cm³/mol. The Morgan fingerprint density at radius 3 is 2.12 bits per heavy atom. The quantitative estimate of drug-likeness (QED) is 0.215. The smallest absolute Gasteiger partial charge is 0.432 e. The zero-order valence-corrected chi connectivity index (χ0v) is 18.1. The highest BCUT2D eigenvalue weighted by Gasteiger charge is 2.43. The number of benzene rings is 3. The van der Waals surface area contributed by atoms with Crippen molar-refractivity contribution in [3.8, 4) is 28.4 Å². The number of alkyl halides is 4. The van der Waals surface area contributed by atoms with Gasteiger partial charge < -0.3 is 9.47 Å². The van der Waals surface area contributed by atoms with Gasteiger partial charge in [0.05, 0.1) is 5.56 Å². The van der Waals surface area contributed by atoms with E-state index in [-0.39, 0.29) is 17.4 Å². The van der Waals surface area contributed by atoms with Crippen LogP contribution in [-0.2, 0) is 17.6 Å². The Morgan fingerprint density at radius 1 is 0.912 bits per heavy atom. The van der Waals surface area contributed by atoms with Crippen molar-refractivity contribution in [2.45, 2.75) is 45.3 Å². The number of halogens is 6. The summed E-state index contributed by atoms with van der Waals surface area (Å²) < 4.78 is 92.0. The van der Waals surface area contributed by atoms with Gasteiger partial charge in [0.1, 0.15) is 22.9 Å². The van der Waals surface area contributed by atoms with Crippen LogP contribution in [0.5, 0.6) is 17.2 Å². The van der Waals surface area contributed by atoms with E-state index in [1.165, 1.54) is 12.1 Å². The fourth-order valence-corrected chi connectivity index (χ4v) is 3.44. The number of hydrogen-bond donors (Lipinski definition) is 0. The Labute approximate surface area is 192 Å². The summed E-state index contributed by atoms with van der Waals surface area (Å²) in [5.41, 5.74) is -1.49. The molecule has 3 aromatic carbocycles. The first-order valence-electron chi connectivity index (χ1n) is 10.5. The Morgan fingerprint density at radius 2 is 1.53 bits per heavy atom. The molecule has 9 heteroatoms. The van der Waals surface area contributed by atoms with Crippen LogP contribution >= 0.6 is 0 Å². The maximum atomic E-state index is 15.1. The minimum Gasteiger partial charge on any atom is -0.435 e. The molecule has 0 saturated heterocycles. The summed E-state index contributed by atoms with van der Waals surface area (Å²) in [5, 5.41) is 12.3. The SMILES string of the molecule is CCCCCc1ccc(-c2c([O])cc(F)c(C(F)(F)Oc3ccc(OC(F)F)cc3)c2F)cc1. The molecule has 1 radical (unpaired) electrons. The highest BCUT2D eigenvalue weighted by atomic mass is 19.3. The van der Waals surface area contributed by atoms with Gasteiger partial charge in [-0.3, -0.25) is 5.11 Å². The van der Waals surface area contributed by atoms with Gasteiger partial charge in [0.15, 0.2) is 11.6 Å². The molecule has 34 heavy (non-hydrogen) atoms. The van der Waals surface area contributed by atoms with Gasteiger partial charge in [-0.25, -0.2) is 8.78 Å². The molecule has 0 amide bonds. The third kappa shape index (κ3) is 5.95. The van der Waals surface area contributed by atoms with E-state index in [1.807, 2.05) is 0 Å². The zero-order chi connectivity index (χ0) is 24.9. The maximum Gasteiger partial charge on any atom is 0.432 e. The molecule has 0 bridgehead atoms. The van der Waals surface area contributed by atoms with Gasteiger partial charge in [-0.05, 0) is 48.2 Å². The monoisotopic (exact) mass is 483 g/mol. The minimum absolute atomic E-state index is 0.0206. The molecular weight excluding hydrogens is 462 g/mol. The molecule has 0 aliphatic heterocycles. The van der Waals surface area contributed by atoms with Crippen molar-refractivity contribution in [1.29, 1.82) is 0 Å². The van der Waals surface area contributed by atoms with Crippen LogP contribution in [0.2, 0.25) is 0 Å². The van der Waals surface area contributed by atoms with E-state index in [0.29, 0.717) is 0 Å². The lowest BCUT2D eigenvalue weighted by Gasteiger charge is -2.21. The summed E-state index contributed by atoms with van der Waals surface area (Å²) in [6, 6.07) is 10.0. The molecule has 3 aromatic rings. The van der Waals surface area contributed by atoms with E-state index in [9.17, 15) is 27.1 Å². The normalized spacial score (nSPS) is 11.6. The van der Waals surface area contributed by atoms with Crippen LogP contribution < -0.4 is 9.47 Å². The van der Waals surface area contributed by atoms with Gasteiger partial charge in [0.2, 0.25) is 0 Å². The van der Waals surface area contributed by atoms with Gasteiger partial charge in [0.25, 0.3) is 0 Å². The summed E-state index contributed by atoms with van der Waals surface area (Å²) in [5.74, 6) is -5.49. The summed E-state index contributed by atoms with van der Waals surface area (Å²) in [6.45, 7) is -1.06. The molecule has 3 rings (SSSR count). The molecule has 0 N–H and O–H groups in total. The average Bonchev–Trinajstić information content (AvgIpc) is 2.75. The molecule has 3 nitrogen and oxygen atoms in total. The number of rotatable bonds is 10. The highest BCUT2D eigenvalue weighted by molar-refractivity contribution is 5.72. The lowest BCUT2D eigenvalue weighted by Crippen LogP contribution is -2.25. The number of hydrogen-bond acceptors (Lipinski definition) is 2. The topological polar surface area (TPSA) is 38.4 Å². The Kier molecular flexibility index (Phi) is 7.96. The molecule has 0 aliphatic carbocycles. The van der Waals surface area contributed by atoms with Crippen LogP contribution in [0.1, 0.15) is 37.3 Å². The van der Waals surface area contributed by atoms with Crippen molar-refractivity contribution < 1.29 is 40.9 Å². The van der Waals surface area contributed by atoms with Crippen LogP contribution in [0.25, 0.3) is 11.1 Å². The van der Waals surface area contributed by atoms with Gasteiger partial charge in [-0.15, -0.1) is 0 Å². The summed E-state index contributed by atoms with van der Waals surface area (Å²) >= 11 is 0. The zero-order valence-electron chi connectivity index (χ0n) is 18.1. The lowest BCUT2D eigenvalue weighted by atomic mass is 9.97. The molecule has 0 spiro atoms. The molecule has 0 saturated carbocycles. The number of ether oxygens (including phenoxy) is 2. The van der Waals surface area contributed by atoms with Crippen LogP contribution in [0, 0.1) is 11.6 Å². The molecule has 181 valence electrons. The lowest BCUT2D eigenvalue weighted by molar-refractivity contribution is -0.189. The van der Waals surface area contributed by atoms with E-state index < -0.39 is 47.0 Å². The summed E-state index contributed by atoms with van der Waals surface area (Å²) in [6.07, 6.45) is -0.745. The van der Waals surface area contributed by atoms with Gasteiger partial charge in [-0.1, -0.05) is 44.0 Å². The molecule has 0 unspecified atom stereocenters. The first-order valence-corrected chi connectivity index (χ1v) is 10.5. The van der Waals surface area contributed by atoms with Crippen LogP contribution in [0.4, 0.5) is 26.3 Å². The first-order chi connectivity index (χ1) is 16.1. The van der Waals surface area contributed by atoms with Crippen molar-refractivity contribution in [1.82, 2.24) is 0 Å². The second kappa shape index (κ2) is 10.7. The molecule has 0 atom stereocenters. The molecule has 0 fully saturated rings.